The standard InChI is InChI=1S/C10H14N2S/c13-12-8-6-11(7-9-12)10-4-2-1-3-5-10/h1-5,13H,6-9H2. The average Bonchev–Trinajstić information content (AvgIpc) is 2.20. The van der Waals surface area contributed by atoms with Crippen LogP contribution in [0.5, 0.6) is 0 Å². The molecule has 1 aliphatic rings. The van der Waals surface area contributed by atoms with Gasteiger partial charge >= 0.3 is 0 Å². The fraction of sp³-hybridized carbons (Fsp3) is 0.400. The Morgan fingerprint density at radius 3 is 2.15 bits per heavy atom. The van der Waals surface area contributed by atoms with Crippen molar-refractivity contribution in [2.75, 3.05) is 31.1 Å². The summed E-state index contributed by atoms with van der Waals surface area (Å²) in [6, 6.07) is 10.5. The SMILES string of the molecule is SN1CCN(c2ccccc2)CC1. The monoisotopic (exact) mass is 194 g/mol. The summed E-state index contributed by atoms with van der Waals surface area (Å²) in [4.78, 5) is 2.40. The number of thiol groups is 1. The summed E-state index contributed by atoms with van der Waals surface area (Å²) in [5.74, 6) is 0. The van der Waals surface area contributed by atoms with Gasteiger partial charge in [-0.2, -0.15) is 0 Å². The van der Waals surface area contributed by atoms with E-state index in [1.54, 1.807) is 0 Å². The molecule has 1 fully saturated rings. The summed E-state index contributed by atoms with van der Waals surface area (Å²) < 4.78 is 2.07. The lowest BCUT2D eigenvalue weighted by molar-refractivity contribution is 0.434. The van der Waals surface area contributed by atoms with Crippen molar-refractivity contribution < 1.29 is 0 Å². The van der Waals surface area contributed by atoms with Crippen molar-refractivity contribution in [1.29, 1.82) is 0 Å². The summed E-state index contributed by atoms with van der Waals surface area (Å²) in [7, 11) is 0. The normalized spacial score (nSPS) is 19.0. The first-order chi connectivity index (χ1) is 6.36. The number of para-hydroxylation sites is 1. The maximum atomic E-state index is 4.32. The van der Waals surface area contributed by atoms with E-state index in [0.717, 1.165) is 26.2 Å². The molecular weight excluding hydrogens is 180 g/mol. The number of nitrogens with zero attached hydrogens (tertiary/aromatic N) is 2. The van der Waals surface area contributed by atoms with E-state index in [2.05, 4.69) is 52.4 Å². The molecule has 0 unspecified atom stereocenters. The molecule has 0 aliphatic carbocycles. The third-order valence-corrected chi connectivity index (χ3v) is 2.78. The first kappa shape index (κ1) is 8.91. The van der Waals surface area contributed by atoms with E-state index < -0.39 is 0 Å². The molecule has 13 heavy (non-hydrogen) atoms. The minimum absolute atomic E-state index is 1.04. The Kier molecular flexibility index (Phi) is 2.76. The number of hydrogen-bond donors (Lipinski definition) is 1. The van der Waals surface area contributed by atoms with Crippen LogP contribution in [0.2, 0.25) is 0 Å². The van der Waals surface area contributed by atoms with Crippen LogP contribution in [-0.4, -0.2) is 30.5 Å². The highest BCUT2D eigenvalue weighted by Gasteiger charge is 2.13. The maximum Gasteiger partial charge on any atom is 0.0367 e. The summed E-state index contributed by atoms with van der Waals surface area (Å²) in [5, 5.41) is 0. The van der Waals surface area contributed by atoms with Crippen LogP contribution in [0, 0.1) is 0 Å². The molecule has 0 spiro atoms. The highest BCUT2D eigenvalue weighted by Crippen LogP contribution is 2.15. The van der Waals surface area contributed by atoms with Gasteiger partial charge in [0.1, 0.15) is 0 Å². The zero-order valence-corrected chi connectivity index (χ0v) is 8.45. The molecule has 3 heteroatoms. The third kappa shape index (κ3) is 2.17. The number of benzene rings is 1. The van der Waals surface area contributed by atoms with Gasteiger partial charge in [0.05, 0.1) is 0 Å². The van der Waals surface area contributed by atoms with Crippen LogP contribution < -0.4 is 4.90 Å². The predicted octanol–water partition coefficient (Wildman–Crippen LogP) is 1.65. The molecular formula is C10H14N2S. The second-order valence-corrected chi connectivity index (χ2v) is 3.84. The number of anilines is 1. The highest BCUT2D eigenvalue weighted by molar-refractivity contribution is 7.77. The zero-order chi connectivity index (χ0) is 9.10. The molecule has 0 atom stereocenters. The summed E-state index contributed by atoms with van der Waals surface area (Å²) in [5.41, 5.74) is 1.32. The molecule has 1 heterocycles. The van der Waals surface area contributed by atoms with Gasteiger partial charge in [0.2, 0.25) is 0 Å². The van der Waals surface area contributed by atoms with Crippen molar-refractivity contribution >= 4 is 18.5 Å². The fourth-order valence-electron chi connectivity index (χ4n) is 1.59. The van der Waals surface area contributed by atoms with Crippen LogP contribution in [0.3, 0.4) is 0 Å². The molecule has 0 saturated carbocycles. The molecule has 0 bridgehead atoms. The molecule has 1 aromatic rings. The minimum Gasteiger partial charge on any atom is -0.369 e. The van der Waals surface area contributed by atoms with Gasteiger partial charge < -0.3 is 4.90 Å². The minimum atomic E-state index is 1.04. The second-order valence-electron chi connectivity index (χ2n) is 3.28. The molecule has 0 radical (unpaired) electrons. The van der Waals surface area contributed by atoms with Gasteiger partial charge in [0.25, 0.3) is 0 Å². The lowest BCUT2D eigenvalue weighted by atomic mass is 10.2. The van der Waals surface area contributed by atoms with E-state index in [4.69, 9.17) is 0 Å². The number of rotatable bonds is 1. The Hall–Kier alpha value is -0.670. The first-order valence-corrected chi connectivity index (χ1v) is 5.00. The van der Waals surface area contributed by atoms with Gasteiger partial charge in [-0.3, -0.25) is 0 Å². The van der Waals surface area contributed by atoms with E-state index in [9.17, 15) is 0 Å². The van der Waals surface area contributed by atoms with E-state index in [-0.39, 0.29) is 0 Å². The Morgan fingerprint density at radius 1 is 0.923 bits per heavy atom. The van der Waals surface area contributed by atoms with Crippen LogP contribution in [0.15, 0.2) is 30.3 Å². The topological polar surface area (TPSA) is 6.48 Å². The third-order valence-electron chi connectivity index (χ3n) is 2.38. The first-order valence-electron chi connectivity index (χ1n) is 4.60. The van der Waals surface area contributed by atoms with E-state index in [0.29, 0.717) is 0 Å². The van der Waals surface area contributed by atoms with Crippen molar-refractivity contribution in [2.24, 2.45) is 0 Å². The van der Waals surface area contributed by atoms with Crippen LogP contribution in [0.4, 0.5) is 5.69 Å². The van der Waals surface area contributed by atoms with Gasteiger partial charge in [0, 0.05) is 31.9 Å². The average molecular weight is 194 g/mol. The van der Waals surface area contributed by atoms with Crippen molar-refractivity contribution in [3.63, 3.8) is 0 Å². The van der Waals surface area contributed by atoms with Crippen molar-refractivity contribution in [1.82, 2.24) is 4.31 Å². The zero-order valence-electron chi connectivity index (χ0n) is 7.56. The Bertz CT molecular complexity index is 255. The molecule has 0 N–H and O–H groups in total. The molecule has 1 aliphatic heterocycles. The van der Waals surface area contributed by atoms with E-state index >= 15 is 0 Å². The Morgan fingerprint density at radius 2 is 1.54 bits per heavy atom. The Balaban J connectivity index is 2.03. The van der Waals surface area contributed by atoms with E-state index in [1.807, 2.05) is 0 Å². The van der Waals surface area contributed by atoms with Crippen molar-refractivity contribution in [3.05, 3.63) is 30.3 Å². The van der Waals surface area contributed by atoms with Crippen LogP contribution in [0.25, 0.3) is 0 Å². The number of hydrogen-bond acceptors (Lipinski definition) is 3. The molecule has 2 rings (SSSR count). The van der Waals surface area contributed by atoms with Crippen LogP contribution in [0.1, 0.15) is 0 Å². The van der Waals surface area contributed by atoms with Crippen molar-refractivity contribution in [2.45, 2.75) is 0 Å². The Labute approximate surface area is 84.7 Å². The van der Waals surface area contributed by atoms with Gasteiger partial charge in [0.15, 0.2) is 0 Å². The summed E-state index contributed by atoms with van der Waals surface area (Å²) >= 11 is 4.32. The summed E-state index contributed by atoms with van der Waals surface area (Å²) in [6.07, 6.45) is 0. The van der Waals surface area contributed by atoms with Crippen LogP contribution >= 0.6 is 12.8 Å². The molecule has 1 aromatic carbocycles. The van der Waals surface area contributed by atoms with Crippen LogP contribution in [-0.2, 0) is 0 Å². The van der Waals surface area contributed by atoms with Gasteiger partial charge in [-0.1, -0.05) is 31.0 Å². The second kappa shape index (κ2) is 4.03. The lowest BCUT2D eigenvalue weighted by Crippen LogP contribution is -2.42. The molecule has 0 aromatic heterocycles. The smallest absolute Gasteiger partial charge is 0.0367 e. The lowest BCUT2D eigenvalue weighted by Gasteiger charge is -2.33. The molecule has 0 amide bonds. The van der Waals surface area contributed by atoms with Crippen molar-refractivity contribution in [3.8, 4) is 0 Å². The molecule has 2 nitrogen and oxygen atoms in total. The van der Waals surface area contributed by atoms with E-state index in [1.165, 1.54) is 5.69 Å². The van der Waals surface area contributed by atoms with Gasteiger partial charge in [-0.05, 0) is 12.1 Å². The number of piperazine rings is 1. The molecule has 70 valence electrons. The molecule has 1 saturated heterocycles. The highest BCUT2D eigenvalue weighted by atomic mass is 32.1. The largest absolute Gasteiger partial charge is 0.369 e. The van der Waals surface area contributed by atoms with Gasteiger partial charge in [-0.15, -0.1) is 0 Å². The predicted molar refractivity (Wildman–Crippen MR) is 59.2 cm³/mol. The van der Waals surface area contributed by atoms with Gasteiger partial charge in [-0.25, -0.2) is 4.31 Å². The summed E-state index contributed by atoms with van der Waals surface area (Å²) in [6.45, 7) is 4.23. The quantitative estimate of drug-likeness (QED) is 0.679. The fourth-order valence-corrected chi connectivity index (χ4v) is 1.77. The maximum absolute atomic E-state index is 4.32.